The zero-order valence-corrected chi connectivity index (χ0v) is 10.8. The molecule has 2 aromatic rings. The number of carbonyl (C=O) groups is 1. The standard InChI is InChI=1S/C12H13N3O2S/c1-3-10(16)15(4-2)7-9-13-8-5-6-18-11(8)12(17)14-9/h3,5-6H,1,4,7H2,2H3,(H,13,14,17). The van der Waals surface area contributed by atoms with Gasteiger partial charge in [0.25, 0.3) is 5.56 Å². The van der Waals surface area contributed by atoms with Crippen molar-refractivity contribution in [2.24, 2.45) is 0 Å². The molecule has 1 N–H and O–H groups in total. The second-order valence-corrected chi connectivity index (χ2v) is 4.62. The van der Waals surface area contributed by atoms with Crippen LogP contribution in [0.15, 0.2) is 28.9 Å². The second-order valence-electron chi connectivity index (χ2n) is 3.70. The summed E-state index contributed by atoms with van der Waals surface area (Å²) in [4.78, 5) is 31.9. The van der Waals surface area contributed by atoms with E-state index in [1.54, 1.807) is 11.0 Å². The number of hydrogen-bond donors (Lipinski definition) is 1. The Balaban J connectivity index is 2.33. The number of amides is 1. The first kappa shape index (κ1) is 12.5. The molecule has 18 heavy (non-hydrogen) atoms. The number of likely N-dealkylation sites (N-methyl/N-ethyl adjacent to an activating group) is 1. The van der Waals surface area contributed by atoms with Crippen LogP contribution in [0, 0.1) is 0 Å². The van der Waals surface area contributed by atoms with E-state index in [-0.39, 0.29) is 18.0 Å². The summed E-state index contributed by atoms with van der Waals surface area (Å²) in [5, 5.41) is 1.82. The van der Waals surface area contributed by atoms with E-state index < -0.39 is 0 Å². The Hall–Kier alpha value is -1.95. The number of hydrogen-bond acceptors (Lipinski definition) is 4. The van der Waals surface area contributed by atoms with Crippen molar-refractivity contribution < 1.29 is 4.79 Å². The van der Waals surface area contributed by atoms with Crippen molar-refractivity contribution in [2.75, 3.05) is 6.54 Å². The molecule has 0 fully saturated rings. The molecular formula is C12H13N3O2S. The molecule has 0 spiro atoms. The summed E-state index contributed by atoms with van der Waals surface area (Å²) in [6.45, 7) is 6.13. The van der Waals surface area contributed by atoms with Gasteiger partial charge in [-0.1, -0.05) is 6.58 Å². The van der Waals surface area contributed by atoms with Gasteiger partial charge in [-0.05, 0) is 24.4 Å². The number of nitrogens with one attached hydrogen (secondary N) is 1. The van der Waals surface area contributed by atoms with Crippen LogP contribution in [-0.4, -0.2) is 27.3 Å². The minimum Gasteiger partial charge on any atom is -0.332 e. The highest BCUT2D eigenvalue weighted by Crippen LogP contribution is 2.14. The maximum absolute atomic E-state index is 11.8. The first-order chi connectivity index (χ1) is 8.65. The molecule has 2 heterocycles. The highest BCUT2D eigenvalue weighted by molar-refractivity contribution is 7.17. The molecule has 0 saturated carbocycles. The fraction of sp³-hybridized carbons (Fsp3) is 0.250. The van der Waals surface area contributed by atoms with Gasteiger partial charge in [0.1, 0.15) is 10.5 Å². The maximum Gasteiger partial charge on any atom is 0.268 e. The molecule has 0 bridgehead atoms. The molecule has 0 aliphatic carbocycles. The number of carbonyl (C=O) groups excluding carboxylic acids is 1. The molecule has 2 aromatic heterocycles. The van der Waals surface area contributed by atoms with Crippen molar-refractivity contribution in [3.8, 4) is 0 Å². The lowest BCUT2D eigenvalue weighted by Gasteiger charge is -2.18. The smallest absolute Gasteiger partial charge is 0.268 e. The van der Waals surface area contributed by atoms with Crippen LogP contribution in [0.4, 0.5) is 0 Å². The Morgan fingerprint density at radius 2 is 2.44 bits per heavy atom. The Morgan fingerprint density at radius 3 is 3.11 bits per heavy atom. The van der Waals surface area contributed by atoms with Crippen molar-refractivity contribution >= 4 is 27.5 Å². The number of rotatable bonds is 4. The van der Waals surface area contributed by atoms with Crippen LogP contribution in [0.1, 0.15) is 12.7 Å². The van der Waals surface area contributed by atoms with E-state index in [1.165, 1.54) is 17.4 Å². The lowest BCUT2D eigenvalue weighted by Crippen LogP contribution is -2.30. The van der Waals surface area contributed by atoms with E-state index in [9.17, 15) is 9.59 Å². The third-order valence-electron chi connectivity index (χ3n) is 2.57. The molecule has 0 aliphatic heterocycles. The van der Waals surface area contributed by atoms with E-state index in [1.807, 2.05) is 12.3 Å². The summed E-state index contributed by atoms with van der Waals surface area (Å²) in [6, 6.07) is 1.80. The Labute approximate surface area is 108 Å². The van der Waals surface area contributed by atoms with Crippen LogP contribution >= 0.6 is 11.3 Å². The molecule has 0 aliphatic rings. The van der Waals surface area contributed by atoms with Gasteiger partial charge in [-0.15, -0.1) is 11.3 Å². The summed E-state index contributed by atoms with van der Waals surface area (Å²) >= 11 is 1.36. The summed E-state index contributed by atoms with van der Waals surface area (Å²) in [5.41, 5.74) is 0.507. The Bertz CT molecular complexity index is 644. The SMILES string of the molecule is C=CC(=O)N(CC)Cc1nc2ccsc2c(=O)[nH]1. The van der Waals surface area contributed by atoms with Gasteiger partial charge >= 0.3 is 0 Å². The predicted molar refractivity (Wildman–Crippen MR) is 71.5 cm³/mol. The Kier molecular flexibility index (Phi) is 3.57. The van der Waals surface area contributed by atoms with Crippen molar-refractivity contribution in [2.45, 2.75) is 13.5 Å². The second kappa shape index (κ2) is 5.14. The van der Waals surface area contributed by atoms with Gasteiger partial charge in [0, 0.05) is 6.54 Å². The number of thiophene rings is 1. The van der Waals surface area contributed by atoms with Crippen molar-refractivity contribution in [1.82, 2.24) is 14.9 Å². The van der Waals surface area contributed by atoms with Gasteiger partial charge in [0.05, 0.1) is 12.1 Å². The number of aromatic nitrogens is 2. The van der Waals surface area contributed by atoms with Crippen molar-refractivity contribution in [3.63, 3.8) is 0 Å². The topological polar surface area (TPSA) is 66.1 Å². The van der Waals surface area contributed by atoms with Crippen molar-refractivity contribution in [3.05, 3.63) is 40.3 Å². The van der Waals surface area contributed by atoms with Gasteiger partial charge in [-0.25, -0.2) is 4.98 Å². The summed E-state index contributed by atoms with van der Waals surface area (Å²) in [7, 11) is 0. The lowest BCUT2D eigenvalue weighted by molar-refractivity contribution is -0.126. The first-order valence-electron chi connectivity index (χ1n) is 5.53. The molecular weight excluding hydrogens is 250 g/mol. The van der Waals surface area contributed by atoms with Crippen LogP contribution in [0.2, 0.25) is 0 Å². The monoisotopic (exact) mass is 263 g/mol. The normalized spacial score (nSPS) is 10.5. The quantitative estimate of drug-likeness (QED) is 0.850. The summed E-state index contributed by atoms with van der Waals surface area (Å²) < 4.78 is 0.608. The fourth-order valence-corrected chi connectivity index (χ4v) is 2.38. The molecule has 0 saturated heterocycles. The van der Waals surface area contributed by atoms with Gasteiger partial charge in [-0.3, -0.25) is 9.59 Å². The van der Waals surface area contributed by atoms with Gasteiger partial charge in [0.15, 0.2) is 0 Å². The third kappa shape index (κ3) is 2.33. The molecule has 5 nitrogen and oxygen atoms in total. The molecule has 2 rings (SSSR count). The molecule has 0 unspecified atom stereocenters. The van der Waals surface area contributed by atoms with E-state index in [2.05, 4.69) is 16.5 Å². The van der Waals surface area contributed by atoms with Crippen molar-refractivity contribution in [1.29, 1.82) is 0 Å². The van der Waals surface area contributed by atoms with Crippen LogP contribution in [0.5, 0.6) is 0 Å². The molecule has 0 aromatic carbocycles. The van der Waals surface area contributed by atoms with E-state index in [0.717, 1.165) is 0 Å². The third-order valence-corrected chi connectivity index (χ3v) is 3.47. The molecule has 6 heteroatoms. The highest BCUT2D eigenvalue weighted by Gasteiger charge is 2.11. The molecule has 0 radical (unpaired) electrons. The number of nitrogens with zero attached hydrogens (tertiary/aromatic N) is 2. The molecule has 1 amide bonds. The highest BCUT2D eigenvalue weighted by atomic mass is 32.1. The van der Waals surface area contributed by atoms with Crippen LogP contribution < -0.4 is 5.56 Å². The number of aromatic amines is 1. The van der Waals surface area contributed by atoms with E-state index >= 15 is 0 Å². The molecule has 0 atom stereocenters. The largest absolute Gasteiger partial charge is 0.332 e. The van der Waals surface area contributed by atoms with Crippen LogP contribution in [0.25, 0.3) is 10.2 Å². The lowest BCUT2D eigenvalue weighted by atomic mass is 10.4. The minimum atomic E-state index is -0.175. The van der Waals surface area contributed by atoms with Crippen LogP contribution in [0.3, 0.4) is 0 Å². The van der Waals surface area contributed by atoms with Gasteiger partial charge in [-0.2, -0.15) is 0 Å². The maximum atomic E-state index is 11.8. The molecule has 94 valence electrons. The average Bonchev–Trinajstić information content (AvgIpc) is 2.83. The Morgan fingerprint density at radius 1 is 1.67 bits per heavy atom. The average molecular weight is 263 g/mol. The zero-order valence-electron chi connectivity index (χ0n) is 9.97. The van der Waals surface area contributed by atoms with Gasteiger partial charge < -0.3 is 9.88 Å². The summed E-state index contributed by atoms with van der Waals surface area (Å²) in [5.74, 6) is 0.313. The summed E-state index contributed by atoms with van der Waals surface area (Å²) in [6.07, 6.45) is 1.25. The number of fused-ring (bicyclic) bond motifs is 1. The fourth-order valence-electron chi connectivity index (χ4n) is 1.65. The minimum absolute atomic E-state index is 0.160. The van der Waals surface area contributed by atoms with Crippen LogP contribution in [-0.2, 0) is 11.3 Å². The van der Waals surface area contributed by atoms with Gasteiger partial charge in [0.2, 0.25) is 5.91 Å². The predicted octanol–water partition coefficient (Wildman–Crippen LogP) is 1.52. The van der Waals surface area contributed by atoms with E-state index in [0.29, 0.717) is 22.6 Å². The first-order valence-corrected chi connectivity index (χ1v) is 6.41. The zero-order chi connectivity index (χ0) is 13.1. The van der Waals surface area contributed by atoms with E-state index in [4.69, 9.17) is 0 Å². The number of H-pyrrole nitrogens is 1.